The van der Waals surface area contributed by atoms with Gasteiger partial charge in [0.05, 0.1) is 25.9 Å². The van der Waals surface area contributed by atoms with Crippen molar-refractivity contribution in [3.63, 3.8) is 0 Å². The van der Waals surface area contributed by atoms with Crippen molar-refractivity contribution in [3.05, 3.63) is 52.5 Å². The number of thiazole rings is 2. The number of carbonyl (C=O) groups is 1. The maximum Gasteiger partial charge on any atom is 0.260 e. The summed E-state index contributed by atoms with van der Waals surface area (Å²) in [5.41, 5.74) is 6.78. The fraction of sp³-hybridized carbons (Fsp3) is 0.348. The number of anilines is 1. The van der Waals surface area contributed by atoms with Crippen LogP contribution in [0.5, 0.6) is 0 Å². The predicted molar refractivity (Wildman–Crippen MR) is 128 cm³/mol. The number of aryl methyl sites for hydroxylation is 2. The summed E-state index contributed by atoms with van der Waals surface area (Å²) >= 11 is 3.16. The molecule has 0 saturated carbocycles. The molecule has 30 heavy (non-hydrogen) atoms. The Kier molecular flexibility index (Phi) is 6.13. The number of hydrogen-bond acceptors (Lipinski definition) is 6. The fourth-order valence-corrected chi connectivity index (χ4v) is 5.45. The maximum atomic E-state index is 13.6. The van der Waals surface area contributed by atoms with Crippen LogP contribution in [-0.2, 0) is 0 Å². The van der Waals surface area contributed by atoms with Crippen LogP contribution in [0, 0.1) is 13.8 Å². The van der Waals surface area contributed by atoms with Crippen LogP contribution in [0.25, 0.3) is 20.4 Å². The van der Waals surface area contributed by atoms with Crippen molar-refractivity contribution in [1.82, 2.24) is 14.9 Å². The van der Waals surface area contributed by atoms with Crippen LogP contribution in [-0.4, -0.2) is 47.0 Å². The van der Waals surface area contributed by atoms with Crippen molar-refractivity contribution < 1.29 is 4.79 Å². The van der Waals surface area contributed by atoms with Gasteiger partial charge in [0.2, 0.25) is 0 Å². The minimum Gasteiger partial charge on any atom is -0.302 e. The van der Waals surface area contributed by atoms with Crippen molar-refractivity contribution in [2.24, 2.45) is 0 Å². The minimum absolute atomic E-state index is 0.00844. The average Bonchev–Trinajstić information content (AvgIpc) is 3.37. The van der Waals surface area contributed by atoms with Crippen LogP contribution in [0.2, 0.25) is 0 Å². The summed E-state index contributed by atoms with van der Waals surface area (Å²) in [4.78, 5) is 26.9. The molecule has 0 atom stereocenters. The molecule has 0 radical (unpaired) electrons. The molecule has 156 valence electrons. The molecule has 0 unspecified atom stereocenters. The molecule has 4 aromatic rings. The number of likely N-dealkylation sites (N-methyl/N-ethyl adjacent to an activating group) is 1. The smallest absolute Gasteiger partial charge is 0.260 e. The van der Waals surface area contributed by atoms with Crippen molar-refractivity contribution in [1.29, 1.82) is 0 Å². The lowest BCUT2D eigenvalue weighted by atomic mass is 10.1. The van der Waals surface area contributed by atoms with Crippen molar-refractivity contribution in [2.75, 3.05) is 31.1 Å². The van der Waals surface area contributed by atoms with Gasteiger partial charge in [0.25, 0.3) is 5.91 Å². The van der Waals surface area contributed by atoms with Gasteiger partial charge >= 0.3 is 0 Å². The second kappa shape index (κ2) is 8.79. The third-order valence-electron chi connectivity index (χ3n) is 5.40. The van der Waals surface area contributed by atoms with Gasteiger partial charge in [-0.1, -0.05) is 31.3 Å². The third-order valence-corrected chi connectivity index (χ3v) is 7.42. The zero-order chi connectivity index (χ0) is 21.3. The first-order valence-corrected chi connectivity index (χ1v) is 11.9. The van der Waals surface area contributed by atoms with E-state index in [0.717, 1.165) is 45.2 Å². The topological polar surface area (TPSA) is 49.3 Å². The predicted octanol–water partition coefficient (Wildman–Crippen LogP) is 5.51. The molecule has 0 aliphatic heterocycles. The maximum absolute atomic E-state index is 13.6. The van der Waals surface area contributed by atoms with E-state index >= 15 is 0 Å². The molecule has 0 saturated heterocycles. The van der Waals surface area contributed by atoms with Crippen molar-refractivity contribution >= 4 is 54.1 Å². The molecule has 0 bridgehead atoms. The zero-order valence-electron chi connectivity index (χ0n) is 17.8. The number of benzene rings is 2. The first-order chi connectivity index (χ1) is 14.5. The Bertz CT molecular complexity index is 1190. The lowest BCUT2D eigenvalue weighted by molar-refractivity contribution is 0.0984. The largest absolute Gasteiger partial charge is 0.302 e. The minimum atomic E-state index is -0.00844. The highest BCUT2D eigenvalue weighted by atomic mass is 32.1. The van der Waals surface area contributed by atoms with Crippen LogP contribution < -0.4 is 4.90 Å². The quantitative estimate of drug-likeness (QED) is 0.382. The Hall–Kier alpha value is -2.35. The molecular weight excluding hydrogens is 412 g/mol. The summed E-state index contributed by atoms with van der Waals surface area (Å²) in [5.74, 6) is -0.00844. The van der Waals surface area contributed by atoms with Gasteiger partial charge in [0, 0.05) is 18.7 Å². The zero-order valence-corrected chi connectivity index (χ0v) is 19.4. The highest BCUT2D eigenvalue weighted by Gasteiger charge is 2.23. The van der Waals surface area contributed by atoms with Crippen molar-refractivity contribution in [3.8, 4) is 0 Å². The third kappa shape index (κ3) is 4.10. The number of rotatable bonds is 7. The molecule has 0 aliphatic rings. The van der Waals surface area contributed by atoms with Crippen LogP contribution >= 0.6 is 22.7 Å². The molecule has 0 aliphatic carbocycles. The Morgan fingerprint density at radius 3 is 2.60 bits per heavy atom. The monoisotopic (exact) mass is 438 g/mol. The Morgan fingerprint density at radius 2 is 1.83 bits per heavy atom. The van der Waals surface area contributed by atoms with E-state index in [1.54, 1.807) is 22.7 Å². The number of carbonyl (C=O) groups excluding carboxylic acids is 1. The van der Waals surface area contributed by atoms with Gasteiger partial charge < -0.3 is 4.90 Å². The molecule has 0 N–H and O–H groups in total. The molecule has 0 fully saturated rings. The highest BCUT2D eigenvalue weighted by molar-refractivity contribution is 7.22. The molecule has 7 heteroatoms. The van der Waals surface area contributed by atoms with Gasteiger partial charge in [0.15, 0.2) is 5.13 Å². The van der Waals surface area contributed by atoms with E-state index in [4.69, 9.17) is 4.98 Å². The van der Waals surface area contributed by atoms with Gasteiger partial charge in [-0.2, -0.15) is 0 Å². The highest BCUT2D eigenvalue weighted by Crippen LogP contribution is 2.33. The first kappa shape index (κ1) is 20.9. The summed E-state index contributed by atoms with van der Waals surface area (Å²) in [5, 5.41) is 0.764. The van der Waals surface area contributed by atoms with E-state index in [1.165, 1.54) is 11.1 Å². The van der Waals surface area contributed by atoms with Gasteiger partial charge in [-0.25, -0.2) is 9.97 Å². The Labute approximate surface area is 185 Å². The molecule has 2 aromatic carbocycles. The summed E-state index contributed by atoms with van der Waals surface area (Å²) in [6.45, 7) is 11.8. The lowest BCUT2D eigenvalue weighted by Gasteiger charge is -2.24. The van der Waals surface area contributed by atoms with E-state index < -0.39 is 0 Å². The second-order valence-electron chi connectivity index (χ2n) is 7.45. The Morgan fingerprint density at radius 1 is 1.03 bits per heavy atom. The van der Waals surface area contributed by atoms with Crippen LogP contribution in [0.1, 0.15) is 35.3 Å². The summed E-state index contributed by atoms with van der Waals surface area (Å²) in [6.07, 6.45) is 0. The van der Waals surface area contributed by atoms with Crippen LogP contribution in [0.3, 0.4) is 0 Å². The molecule has 4 rings (SSSR count). The van der Waals surface area contributed by atoms with Gasteiger partial charge in [-0.3, -0.25) is 9.69 Å². The fourth-order valence-electron chi connectivity index (χ4n) is 3.69. The van der Waals surface area contributed by atoms with E-state index in [9.17, 15) is 4.79 Å². The van der Waals surface area contributed by atoms with E-state index in [1.807, 2.05) is 28.6 Å². The summed E-state index contributed by atoms with van der Waals surface area (Å²) in [6, 6.07) is 10.0. The second-order valence-corrected chi connectivity index (χ2v) is 9.31. The van der Waals surface area contributed by atoms with Gasteiger partial charge in [-0.05, 0) is 62.3 Å². The van der Waals surface area contributed by atoms with E-state index in [0.29, 0.717) is 12.1 Å². The standard InChI is InChI=1S/C23H26N4OS2/c1-5-26(6-2)9-10-27(22(28)17-7-8-18-20(13-17)29-14-24-18)23-25-19-12-15(3)11-16(4)21(19)30-23/h7-8,11-14H,5-6,9-10H2,1-4H3. The normalized spacial score (nSPS) is 11.6. The number of aromatic nitrogens is 2. The summed E-state index contributed by atoms with van der Waals surface area (Å²) < 4.78 is 2.18. The SMILES string of the molecule is CCN(CC)CCN(C(=O)c1ccc2ncsc2c1)c1nc2cc(C)cc(C)c2s1. The average molecular weight is 439 g/mol. The number of hydrogen-bond donors (Lipinski definition) is 0. The van der Waals surface area contributed by atoms with Crippen LogP contribution in [0.15, 0.2) is 35.8 Å². The lowest BCUT2D eigenvalue weighted by Crippen LogP contribution is -2.38. The molecule has 2 aromatic heterocycles. The molecule has 5 nitrogen and oxygen atoms in total. The van der Waals surface area contributed by atoms with E-state index in [-0.39, 0.29) is 5.91 Å². The van der Waals surface area contributed by atoms with Gasteiger partial charge in [-0.15, -0.1) is 11.3 Å². The summed E-state index contributed by atoms with van der Waals surface area (Å²) in [7, 11) is 0. The van der Waals surface area contributed by atoms with Crippen LogP contribution in [0.4, 0.5) is 5.13 Å². The molecule has 2 heterocycles. The number of fused-ring (bicyclic) bond motifs is 2. The number of amides is 1. The van der Waals surface area contributed by atoms with Gasteiger partial charge in [0.1, 0.15) is 0 Å². The molecule has 0 spiro atoms. The van der Waals surface area contributed by atoms with Crippen molar-refractivity contribution in [2.45, 2.75) is 27.7 Å². The Balaban J connectivity index is 1.73. The molecular formula is C23H26N4OS2. The first-order valence-electron chi connectivity index (χ1n) is 10.3. The molecule has 1 amide bonds. The van der Waals surface area contributed by atoms with E-state index in [2.05, 4.69) is 49.7 Å². The number of nitrogens with zero attached hydrogens (tertiary/aromatic N) is 4.